The van der Waals surface area contributed by atoms with Crippen LogP contribution in [0.4, 0.5) is 5.82 Å². The zero-order valence-corrected chi connectivity index (χ0v) is 19.6. The highest BCUT2D eigenvalue weighted by Crippen LogP contribution is 2.43. The second-order valence-corrected chi connectivity index (χ2v) is 9.91. The van der Waals surface area contributed by atoms with Gasteiger partial charge in [-0.2, -0.15) is 0 Å². The van der Waals surface area contributed by atoms with Crippen LogP contribution >= 0.6 is 11.8 Å². The molecule has 3 N–H and O–H groups in total. The number of nitrogens with zero attached hydrogens (tertiary/aromatic N) is 5. The Morgan fingerprint density at radius 3 is 2.73 bits per heavy atom. The maximum absolute atomic E-state index is 10.9. The van der Waals surface area contributed by atoms with E-state index in [1.54, 1.807) is 23.6 Å². The van der Waals surface area contributed by atoms with E-state index in [1.807, 2.05) is 6.07 Å². The summed E-state index contributed by atoms with van der Waals surface area (Å²) in [5, 5.41) is 33.6. The number of aliphatic hydroxyl groups excluding tert-OH is 2. The van der Waals surface area contributed by atoms with Crippen molar-refractivity contribution in [3.8, 4) is 0 Å². The zero-order chi connectivity index (χ0) is 22.9. The normalized spacial score (nSPS) is 29.0. The Balaban J connectivity index is 1.46. The van der Waals surface area contributed by atoms with Gasteiger partial charge in [0.05, 0.1) is 12.1 Å². The first-order valence-corrected chi connectivity index (χ1v) is 12.5. The summed E-state index contributed by atoms with van der Waals surface area (Å²) in [5.41, 5.74) is 2.52. The highest BCUT2D eigenvalue weighted by Gasteiger charge is 2.45. The smallest absolute Gasteiger partial charge is 0.191 e. The maximum atomic E-state index is 10.9. The Bertz CT molecular complexity index is 1100. The van der Waals surface area contributed by atoms with Gasteiger partial charge in [0.25, 0.3) is 0 Å². The van der Waals surface area contributed by atoms with Crippen molar-refractivity contribution in [1.82, 2.24) is 25.0 Å². The number of aliphatic hydroxyl groups is 2. The fourth-order valence-electron chi connectivity index (χ4n) is 4.83. The lowest BCUT2D eigenvalue weighted by Crippen LogP contribution is -2.32. The number of rotatable bonds is 9. The van der Waals surface area contributed by atoms with Gasteiger partial charge in [-0.1, -0.05) is 54.2 Å². The molecule has 0 bridgehead atoms. The Morgan fingerprint density at radius 2 is 2.03 bits per heavy atom. The van der Waals surface area contributed by atoms with Gasteiger partial charge in [-0.15, -0.1) is 5.10 Å². The number of fused-ring (bicyclic) bond motifs is 1. The molecule has 0 aliphatic heterocycles. The molecule has 2 unspecified atom stereocenters. The van der Waals surface area contributed by atoms with Crippen molar-refractivity contribution in [2.24, 2.45) is 5.92 Å². The molecule has 176 valence electrons. The summed E-state index contributed by atoms with van der Waals surface area (Å²) in [6.45, 7) is 2.07. The third-order valence-corrected chi connectivity index (χ3v) is 7.69. The van der Waals surface area contributed by atoms with E-state index in [9.17, 15) is 10.2 Å². The van der Waals surface area contributed by atoms with Crippen molar-refractivity contribution in [2.45, 2.75) is 61.6 Å². The van der Waals surface area contributed by atoms with Crippen molar-refractivity contribution in [3.05, 3.63) is 35.9 Å². The number of hydrogen-bond acceptors (Lipinski definition) is 9. The summed E-state index contributed by atoms with van der Waals surface area (Å²) in [5.74, 6) is 1.87. The van der Waals surface area contributed by atoms with Gasteiger partial charge in [0, 0.05) is 37.3 Å². The number of aromatic nitrogens is 5. The van der Waals surface area contributed by atoms with E-state index in [-0.39, 0.29) is 24.6 Å². The molecule has 2 fully saturated rings. The molecule has 3 aromatic rings. The molecule has 0 spiro atoms. The van der Waals surface area contributed by atoms with Crippen molar-refractivity contribution in [2.75, 3.05) is 24.8 Å². The molecular formula is C23H30N6O3S. The van der Waals surface area contributed by atoms with Crippen molar-refractivity contribution in [3.63, 3.8) is 0 Å². The van der Waals surface area contributed by atoms with Gasteiger partial charge in [-0.25, -0.2) is 14.6 Å². The molecule has 9 nitrogen and oxygen atoms in total. The zero-order valence-electron chi connectivity index (χ0n) is 18.8. The Hall–Kier alpha value is -2.27. The van der Waals surface area contributed by atoms with Gasteiger partial charge in [0.15, 0.2) is 22.1 Å². The fourth-order valence-corrected chi connectivity index (χ4v) is 5.52. The monoisotopic (exact) mass is 470 g/mol. The molecule has 33 heavy (non-hydrogen) atoms. The lowest BCUT2D eigenvalue weighted by Gasteiger charge is -2.20. The largest absolute Gasteiger partial charge is 0.396 e. The van der Waals surface area contributed by atoms with Crippen LogP contribution in [0.2, 0.25) is 0 Å². The molecule has 2 aliphatic rings. The average Bonchev–Trinajstić information content (AvgIpc) is 3.35. The molecule has 1 aromatic carbocycles. The van der Waals surface area contributed by atoms with Crippen LogP contribution in [0.3, 0.4) is 0 Å². The highest BCUT2D eigenvalue weighted by molar-refractivity contribution is 7.99. The van der Waals surface area contributed by atoms with Crippen molar-refractivity contribution < 1.29 is 14.9 Å². The number of nitrogens with one attached hydrogen (secondary N) is 1. The van der Waals surface area contributed by atoms with Gasteiger partial charge in [-0.3, -0.25) is 0 Å². The first-order valence-electron chi connectivity index (χ1n) is 11.5. The van der Waals surface area contributed by atoms with Crippen molar-refractivity contribution in [1.29, 1.82) is 0 Å². The van der Waals surface area contributed by atoms with E-state index in [0.717, 1.165) is 18.6 Å². The van der Waals surface area contributed by atoms with Crippen LogP contribution in [0.1, 0.15) is 43.7 Å². The van der Waals surface area contributed by atoms with Crippen molar-refractivity contribution >= 4 is 28.7 Å². The minimum Gasteiger partial charge on any atom is -0.396 e. The summed E-state index contributed by atoms with van der Waals surface area (Å²) in [4.78, 5) is 9.52. The first kappa shape index (κ1) is 22.5. The molecule has 2 aliphatic carbocycles. The van der Waals surface area contributed by atoms with Gasteiger partial charge in [0.1, 0.15) is 6.10 Å². The standard InChI is InChI=1S/C23H30N6O3S/c1-3-9-33-23-25-21(24-16-11-15(16)13-7-5-4-6-8-13)18-22(26-23)29(28-27-18)17-10-14(12-30)20(32-2)19(17)31/h4-8,14-17,19-20,30-31H,3,9-12H2,1-2H3,(H,24,25,26)/t14-,15?,16?,17-,19+,20-/m1/s1. The second kappa shape index (κ2) is 9.54. The summed E-state index contributed by atoms with van der Waals surface area (Å²) in [7, 11) is 1.56. The van der Waals surface area contributed by atoms with Crippen LogP contribution in [0, 0.1) is 5.92 Å². The summed E-state index contributed by atoms with van der Waals surface area (Å²) >= 11 is 1.60. The van der Waals surface area contributed by atoms with E-state index in [1.165, 1.54) is 5.56 Å². The molecule has 0 radical (unpaired) electrons. The third kappa shape index (κ3) is 4.32. The number of thioether (sulfide) groups is 1. The Morgan fingerprint density at radius 1 is 1.21 bits per heavy atom. The molecule has 0 amide bonds. The summed E-state index contributed by atoms with van der Waals surface area (Å²) in [6, 6.07) is 10.4. The van der Waals surface area contributed by atoms with Crippen LogP contribution < -0.4 is 5.32 Å². The highest BCUT2D eigenvalue weighted by atomic mass is 32.2. The number of hydrogen-bond donors (Lipinski definition) is 3. The van der Waals surface area contributed by atoms with Gasteiger partial charge in [-0.05, 0) is 24.8 Å². The fraction of sp³-hybridized carbons (Fsp3) is 0.565. The molecule has 5 rings (SSSR count). The predicted octanol–water partition coefficient (Wildman–Crippen LogP) is 2.62. The SMILES string of the molecule is CCCSc1nc(NC2CC2c2ccccc2)c2nnn([C@@H]3C[C@H](CO)[C@@H](OC)[C@H]3O)c2n1. The molecule has 10 heteroatoms. The molecular weight excluding hydrogens is 440 g/mol. The second-order valence-electron chi connectivity index (χ2n) is 8.85. The first-order chi connectivity index (χ1) is 16.1. The molecule has 2 saturated carbocycles. The quantitative estimate of drug-likeness (QED) is 0.320. The minimum absolute atomic E-state index is 0.0549. The molecule has 0 saturated heterocycles. The number of benzene rings is 1. The average molecular weight is 471 g/mol. The topological polar surface area (TPSA) is 118 Å². The van der Waals surface area contributed by atoms with Crippen LogP contribution in [-0.2, 0) is 4.74 Å². The summed E-state index contributed by atoms with van der Waals surface area (Å²) < 4.78 is 7.15. The van der Waals surface area contributed by atoms with E-state index in [0.29, 0.717) is 34.5 Å². The van der Waals surface area contributed by atoms with E-state index >= 15 is 0 Å². The number of anilines is 1. The Kier molecular flexibility index (Phi) is 6.51. The van der Waals surface area contributed by atoms with E-state index in [4.69, 9.17) is 14.7 Å². The Labute approximate surface area is 197 Å². The van der Waals surface area contributed by atoms with Crippen LogP contribution in [-0.4, -0.2) is 72.9 Å². The van der Waals surface area contributed by atoms with Gasteiger partial charge >= 0.3 is 0 Å². The molecule has 6 atom stereocenters. The lowest BCUT2D eigenvalue weighted by molar-refractivity contribution is -0.0333. The van der Waals surface area contributed by atoms with Crippen LogP contribution in [0.25, 0.3) is 11.2 Å². The van der Waals surface area contributed by atoms with Gasteiger partial charge in [0.2, 0.25) is 0 Å². The third-order valence-electron chi connectivity index (χ3n) is 6.64. The van der Waals surface area contributed by atoms with E-state index < -0.39 is 12.2 Å². The van der Waals surface area contributed by atoms with Gasteiger partial charge < -0.3 is 20.3 Å². The van der Waals surface area contributed by atoms with Crippen LogP contribution in [0.5, 0.6) is 0 Å². The summed E-state index contributed by atoms with van der Waals surface area (Å²) in [6.07, 6.45) is 1.33. The van der Waals surface area contributed by atoms with Crippen LogP contribution in [0.15, 0.2) is 35.5 Å². The number of ether oxygens (including phenoxy) is 1. The maximum Gasteiger partial charge on any atom is 0.191 e. The molecule has 2 heterocycles. The predicted molar refractivity (Wildman–Crippen MR) is 126 cm³/mol. The lowest BCUT2D eigenvalue weighted by atomic mass is 10.1. The number of methoxy groups -OCH3 is 1. The minimum atomic E-state index is -0.805. The van der Waals surface area contributed by atoms with E-state index in [2.05, 4.69) is 46.8 Å². The molecule has 2 aromatic heterocycles.